The van der Waals surface area contributed by atoms with Crippen LogP contribution in [0.4, 0.5) is 5.69 Å². The van der Waals surface area contributed by atoms with Crippen molar-refractivity contribution >= 4 is 21.7 Å². The second-order valence-corrected chi connectivity index (χ2v) is 11.9. The second-order valence-electron chi connectivity index (χ2n) is 10.3. The molecule has 0 unspecified atom stereocenters. The molecule has 3 aromatic rings. The van der Waals surface area contributed by atoms with E-state index in [2.05, 4.69) is 18.6 Å². The van der Waals surface area contributed by atoms with Crippen LogP contribution in [0.2, 0.25) is 0 Å². The highest BCUT2D eigenvalue weighted by molar-refractivity contribution is 7.92. The molecule has 2 N–H and O–H groups in total. The number of rotatable bonds is 10. The van der Waals surface area contributed by atoms with Crippen LogP contribution in [0.5, 0.6) is 0 Å². The molecule has 0 atom stereocenters. The van der Waals surface area contributed by atoms with Crippen LogP contribution in [0.25, 0.3) is 0 Å². The van der Waals surface area contributed by atoms with E-state index in [-0.39, 0.29) is 17.4 Å². The van der Waals surface area contributed by atoms with Crippen molar-refractivity contribution in [1.29, 1.82) is 0 Å². The van der Waals surface area contributed by atoms with E-state index in [1.807, 2.05) is 58.0 Å². The normalized spacial score (nSPS) is 11.9. The first-order chi connectivity index (χ1) is 16.9. The molecule has 0 bridgehead atoms. The molecule has 0 aromatic heterocycles. The van der Waals surface area contributed by atoms with Crippen LogP contribution in [-0.2, 0) is 22.9 Å². The minimum atomic E-state index is -3.84. The minimum Gasteiger partial charge on any atom is -0.478 e. The third-order valence-corrected chi connectivity index (χ3v) is 7.99. The zero-order valence-electron chi connectivity index (χ0n) is 22.0. The highest BCUT2D eigenvalue weighted by atomic mass is 32.2. The van der Waals surface area contributed by atoms with Crippen molar-refractivity contribution in [2.45, 2.75) is 77.0 Å². The van der Waals surface area contributed by atoms with Gasteiger partial charge in [-0.05, 0) is 76.6 Å². The largest absolute Gasteiger partial charge is 0.478 e. The van der Waals surface area contributed by atoms with Crippen molar-refractivity contribution in [1.82, 2.24) is 0 Å². The molecule has 6 heteroatoms. The van der Waals surface area contributed by atoms with Crippen molar-refractivity contribution in [2.24, 2.45) is 0 Å². The van der Waals surface area contributed by atoms with Gasteiger partial charge in [-0.15, -0.1) is 0 Å². The maximum absolute atomic E-state index is 13.9. The number of hydrogen-bond acceptors (Lipinski definition) is 3. The molecule has 0 aliphatic heterocycles. The van der Waals surface area contributed by atoms with Gasteiger partial charge in [0, 0.05) is 0 Å². The first-order valence-electron chi connectivity index (χ1n) is 12.5. The second kappa shape index (κ2) is 11.3. The van der Waals surface area contributed by atoms with Gasteiger partial charge in [-0.2, -0.15) is 0 Å². The van der Waals surface area contributed by atoms with Gasteiger partial charge < -0.3 is 5.11 Å². The van der Waals surface area contributed by atoms with Gasteiger partial charge in [0.15, 0.2) is 0 Å². The molecule has 0 saturated carbocycles. The highest BCUT2D eigenvalue weighted by Gasteiger charge is 2.27. The van der Waals surface area contributed by atoms with Crippen molar-refractivity contribution in [3.8, 4) is 0 Å². The fourth-order valence-electron chi connectivity index (χ4n) is 4.33. The summed E-state index contributed by atoms with van der Waals surface area (Å²) < 4.78 is 30.7. The summed E-state index contributed by atoms with van der Waals surface area (Å²) in [7, 11) is -3.84. The number of carboxylic acid groups (broad SMARTS) is 1. The lowest BCUT2D eigenvalue weighted by Gasteiger charge is -2.23. The quantitative estimate of drug-likeness (QED) is 0.301. The number of carboxylic acids is 1. The van der Waals surface area contributed by atoms with Crippen molar-refractivity contribution in [3.05, 3.63) is 94.0 Å². The number of nitrogens with one attached hydrogen (secondary N) is 1. The van der Waals surface area contributed by atoms with E-state index in [9.17, 15) is 13.2 Å². The lowest BCUT2D eigenvalue weighted by atomic mass is 9.89. The van der Waals surface area contributed by atoms with Gasteiger partial charge in [0.25, 0.3) is 10.0 Å². The lowest BCUT2D eigenvalue weighted by molar-refractivity contribution is 0.0697. The fourth-order valence-corrected chi connectivity index (χ4v) is 6.13. The number of anilines is 1. The molecule has 0 aliphatic rings. The number of benzene rings is 3. The number of aryl methyl sites for hydroxylation is 2. The Kier molecular flexibility index (Phi) is 8.62. The summed E-state index contributed by atoms with van der Waals surface area (Å²) in [6, 6.07) is 18.3. The van der Waals surface area contributed by atoms with Gasteiger partial charge in [0.2, 0.25) is 0 Å². The van der Waals surface area contributed by atoms with E-state index in [0.29, 0.717) is 29.3 Å². The first-order valence-corrected chi connectivity index (χ1v) is 14.0. The molecule has 0 radical (unpaired) electrons. The van der Waals surface area contributed by atoms with Crippen molar-refractivity contribution in [3.63, 3.8) is 0 Å². The van der Waals surface area contributed by atoms with Gasteiger partial charge in [-0.3, -0.25) is 4.72 Å². The predicted octanol–water partition coefficient (Wildman–Crippen LogP) is 7.34. The molecule has 0 saturated heterocycles. The van der Waals surface area contributed by atoms with Crippen LogP contribution in [0.1, 0.15) is 97.5 Å². The Bertz CT molecular complexity index is 1290. The SMILES string of the molecule is CC(C)c1cc(C(C)C)c(S(=O)(=O)Nc2ccccc2CCc2ccc(C(=O)O)cc2)c(C(C)C)c1. The Balaban J connectivity index is 1.96. The van der Waals surface area contributed by atoms with Crippen molar-refractivity contribution in [2.75, 3.05) is 4.72 Å². The molecule has 5 nitrogen and oxygen atoms in total. The minimum absolute atomic E-state index is 0.0526. The predicted molar refractivity (Wildman–Crippen MR) is 147 cm³/mol. The number of sulfonamides is 1. The summed E-state index contributed by atoms with van der Waals surface area (Å²) in [5.74, 6) is -0.548. The van der Waals surface area contributed by atoms with Crippen LogP contribution in [-0.4, -0.2) is 19.5 Å². The van der Waals surface area contributed by atoms with Gasteiger partial charge in [0.1, 0.15) is 0 Å². The van der Waals surface area contributed by atoms with Crippen LogP contribution in [0, 0.1) is 0 Å². The van der Waals surface area contributed by atoms with Crippen molar-refractivity contribution < 1.29 is 18.3 Å². The molecular formula is C30H37NO4S. The number of carbonyl (C=O) groups is 1. The van der Waals surface area contributed by atoms with E-state index in [0.717, 1.165) is 27.8 Å². The molecule has 192 valence electrons. The topological polar surface area (TPSA) is 83.5 Å². The zero-order valence-corrected chi connectivity index (χ0v) is 22.8. The monoisotopic (exact) mass is 507 g/mol. The summed E-state index contributed by atoms with van der Waals surface area (Å²) >= 11 is 0. The van der Waals surface area contributed by atoms with E-state index in [4.69, 9.17) is 5.11 Å². The van der Waals surface area contributed by atoms with E-state index in [1.54, 1.807) is 30.3 Å². The third-order valence-electron chi connectivity index (χ3n) is 6.49. The summed E-state index contributed by atoms with van der Waals surface area (Å²) in [5.41, 5.74) is 5.53. The Morgan fingerprint density at radius 3 is 1.86 bits per heavy atom. The van der Waals surface area contributed by atoms with Crippen LogP contribution < -0.4 is 4.72 Å². The lowest BCUT2D eigenvalue weighted by Crippen LogP contribution is -2.20. The number of para-hydroxylation sites is 1. The third kappa shape index (κ3) is 6.35. The van der Waals surface area contributed by atoms with E-state index >= 15 is 0 Å². The molecule has 0 fully saturated rings. The molecule has 0 heterocycles. The number of hydrogen-bond donors (Lipinski definition) is 2. The van der Waals surface area contributed by atoms with E-state index < -0.39 is 16.0 Å². The summed E-state index contributed by atoms with van der Waals surface area (Å²) in [5, 5.41) is 9.11. The fraction of sp³-hybridized carbons (Fsp3) is 0.367. The molecule has 3 aromatic carbocycles. The smallest absolute Gasteiger partial charge is 0.335 e. The Morgan fingerprint density at radius 2 is 1.36 bits per heavy atom. The maximum Gasteiger partial charge on any atom is 0.335 e. The average molecular weight is 508 g/mol. The van der Waals surface area contributed by atoms with Crippen LogP contribution >= 0.6 is 0 Å². The van der Waals surface area contributed by atoms with Gasteiger partial charge >= 0.3 is 5.97 Å². The Labute approximate surface area is 215 Å². The molecule has 0 aliphatic carbocycles. The Morgan fingerprint density at radius 1 is 0.806 bits per heavy atom. The Hall–Kier alpha value is -3.12. The van der Waals surface area contributed by atoms with Gasteiger partial charge in [0.05, 0.1) is 16.1 Å². The van der Waals surface area contributed by atoms with Crippen LogP contribution in [0.15, 0.2) is 65.6 Å². The van der Waals surface area contributed by atoms with Gasteiger partial charge in [-0.25, -0.2) is 13.2 Å². The summed E-state index contributed by atoms with van der Waals surface area (Å²) in [4.78, 5) is 11.5. The molecule has 3 rings (SSSR count). The average Bonchev–Trinajstić information content (AvgIpc) is 2.82. The first kappa shape index (κ1) is 27.5. The standard InChI is InChI=1S/C30H37NO4S/c1-19(2)25-17-26(20(3)4)29(27(18-25)21(5)6)36(34,35)31-28-10-8-7-9-23(28)14-11-22-12-15-24(16-13-22)30(32)33/h7-10,12-13,15-21,31H,11,14H2,1-6H3,(H,32,33). The molecule has 0 spiro atoms. The molecule has 0 amide bonds. The molecule has 36 heavy (non-hydrogen) atoms. The zero-order chi connectivity index (χ0) is 26.6. The maximum atomic E-state index is 13.9. The van der Waals surface area contributed by atoms with Crippen LogP contribution in [0.3, 0.4) is 0 Å². The molecular weight excluding hydrogens is 470 g/mol. The van der Waals surface area contributed by atoms with E-state index in [1.165, 1.54) is 0 Å². The summed E-state index contributed by atoms with van der Waals surface area (Å²) in [6.07, 6.45) is 1.28. The highest BCUT2D eigenvalue weighted by Crippen LogP contribution is 2.36. The summed E-state index contributed by atoms with van der Waals surface area (Å²) in [6.45, 7) is 12.4. The van der Waals surface area contributed by atoms with Gasteiger partial charge in [-0.1, -0.05) is 84.0 Å². The number of aromatic carboxylic acids is 1.